The number of piperidine rings is 1. The molecule has 0 saturated carbocycles. The van der Waals surface area contributed by atoms with Gasteiger partial charge in [0.25, 0.3) is 5.91 Å². The Morgan fingerprint density at radius 3 is 2.56 bits per heavy atom. The van der Waals surface area contributed by atoms with Crippen molar-refractivity contribution in [3.05, 3.63) is 48.5 Å². The maximum Gasteiger partial charge on any atom is 0.260 e. The lowest BCUT2D eigenvalue weighted by Gasteiger charge is -2.26. The molecular formula is C20H20N2O2S. The smallest absolute Gasteiger partial charge is 0.260 e. The van der Waals surface area contributed by atoms with Crippen LogP contribution in [0.1, 0.15) is 19.3 Å². The molecule has 0 unspecified atom stereocenters. The first-order chi connectivity index (χ1) is 12.3. The summed E-state index contributed by atoms with van der Waals surface area (Å²) in [6.45, 7) is 1.83. The van der Waals surface area contributed by atoms with Gasteiger partial charge in [0.2, 0.25) is 0 Å². The van der Waals surface area contributed by atoms with Gasteiger partial charge in [-0.1, -0.05) is 12.1 Å². The highest BCUT2D eigenvalue weighted by Crippen LogP contribution is 2.30. The van der Waals surface area contributed by atoms with Crippen LogP contribution in [0.4, 0.5) is 0 Å². The number of thiazole rings is 1. The SMILES string of the molecule is O=C(COc1ccc(-c2nc3ccccc3s2)cc1)N1CCCCC1. The Morgan fingerprint density at radius 1 is 1.04 bits per heavy atom. The highest BCUT2D eigenvalue weighted by atomic mass is 32.1. The second-order valence-electron chi connectivity index (χ2n) is 6.24. The Kier molecular flexibility index (Phi) is 4.65. The number of fused-ring (bicyclic) bond motifs is 1. The summed E-state index contributed by atoms with van der Waals surface area (Å²) in [7, 11) is 0. The number of hydrogen-bond acceptors (Lipinski definition) is 4. The van der Waals surface area contributed by atoms with Gasteiger partial charge in [-0.15, -0.1) is 11.3 Å². The van der Waals surface area contributed by atoms with Gasteiger partial charge in [-0.2, -0.15) is 0 Å². The summed E-state index contributed by atoms with van der Waals surface area (Å²) in [5, 5.41) is 0.997. The summed E-state index contributed by atoms with van der Waals surface area (Å²) < 4.78 is 6.85. The van der Waals surface area contributed by atoms with E-state index in [2.05, 4.69) is 11.1 Å². The van der Waals surface area contributed by atoms with Gasteiger partial charge >= 0.3 is 0 Å². The lowest BCUT2D eigenvalue weighted by molar-refractivity contribution is -0.134. The van der Waals surface area contributed by atoms with Crippen LogP contribution in [0.2, 0.25) is 0 Å². The molecule has 4 nitrogen and oxygen atoms in total. The first-order valence-corrected chi connectivity index (χ1v) is 9.48. The van der Waals surface area contributed by atoms with Crippen molar-refractivity contribution in [1.82, 2.24) is 9.88 Å². The van der Waals surface area contributed by atoms with Crippen molar-refractivity contribution >= 4 is 27.5 Å². The van der Waals surface area contributed by atoms with Crippen molar-refractivity contribution in [1.29, 1.82) is 0 Å². The molecule has 1 amide bonds. The van der Waals surface area contributed by atoms with Gasteiger partial charge in [0.1, 0.15) is 10.8 Å². The summed E-state index contributed by atoms with van der Waals surface area (Å²) in [5.41, 5.74) is 2.09. The molecular weight excluding hydrogens is 332 g/mol. The van der Waals surface area contributed by atoms with Gasteiger partial charge in [0, 0.05) is 18.7 Å². The number of carbonyl (C=O) groups excluding carboxylic acids is 1. The monoisotopic (exact) mass is 352 g/mol. The van der Waals surface area contributed by atoms with Crippen LogP contribution in [0, 0.1) is 0 Å². The van der Waals surface area contributed by atoms with Crippen LogP contribution in [0.3, 0.4) is 0 Å². The first-order valence-electron chi connectivity index (χ1n) is 8.66. The summed E-state index contributed by atoms with van der Waals surface area (Å²) in [6.07, 6.45) is 3.42. The zero-order valence-corrected chi connectivity index (χ0v) is 14.8. The molecule has 0 spiro atoms. The summed E-state index contributed by atoms with van der Waals surface area (Å²) in [4.78, 5) is 18.7. The Bertz CT molecular complexity index is 834. The number of benzene rings is 2. The van der Waals surface area contributed by atoms with Crippen LogP contribution >= 0.6 is 11.3 Å². The lowest BCUT2D eigenvalue weighted by Crippen LogP contribution is -2.38. The van der Waals surface area contributed by atoms with E-state index in [-0.39, 0.29) is 12.5 Å². The second-order valence-corrected chi connectivity index (χ2v) is 7.27. The van der Waals surface area contributed by atoms with Crippen LogP contribution in [0.25, 0.3) is 20.8 Å². The molecule has 1 fully saturated rings. The Labute approximate surface area is 151 Å². The van der Waals surface area contributed by atoms with E-state index in [1.807, 2.05) is 47.4 Å². The molecule has 5 heteroatoms. The topological polar surface area (TPSA) is 42.4 Å². The molecule has 25 heavy (non-hydrogen) atoms. The lowest BCUT2D eigenvalue weighted by atomic mass is 10.1. The Hall–Kier alpha value is -2.40. The van der Waals surface area contributed by atoms with Gasteiger partial charge < -0.3 is 9.64 Å². The van der Waals surface area contributed by atoms with Crippen LogP contribution < -0.4 is 4.74 Å². The maximum absolute atomic E-state index is 12.2. The van der Waals surface area contributed by atoms with Crippen molar-refractivity contribution < 1.29 is 9.53 Å². The first kappa shape index (κ1) is 16.1. The zero-order valence-electron chi connectivity index (χ0n) is 14.0. The molecule has 1 aliphatic heterocycles. The van der Waals surface area contributed by atoms with Crippen molar-refractivity contribution in [3.8, 4) is 16.3 Å². The van der Waals surface area contributed by atoms with Crippen LogP contribution in [0.15, 0.2) is 48.5 Å². The molecule has 0 N–H and O–H groups in total. The molecule has 0 bridgehead atoms. The van der Waals surface area contributed by atoms with E-state index in [0.29, 0.717) is 0 Å². The molecule has 2 heterocycles. The number of nitrogens with zero attached hydrogens (tertiary/aromatic N) is 2. The fourth-order valence-corrected chi connectivity index (χ4v) is 4.04. The normalized spacial score (nSPS) is 14.6. The molecule has 2 aromatic carbocycles. The van der Waals surface area contributed by atoms with E-state index in [1.54, 1.807) is 11.3 Å². The number of rotatable bonds is 4. The molecule has 3 aromatic rings. The fourth-order valence-electron chi connectivity index (χ4n) is 3.07. The number of amides is 1. The van der Waals surface area contributed by atoms with Crippen molar-refractivity contribution in [2.75, 3.05) is 19.7 Å². The highest BCUT2D eigenvalue weighted by Gasteiger charge is 2.16. The summed E-state index contributed by atoms with van der Waals surface area (Å²) >= 11 is 1.68. The molecule has 1 aromatic heterocycles. The number of carbonyl (C=O) groups is 1. The number of likely N-dealkylation sites (tertiary alicyclic amines) is 1. The third-order valence-electron chi connectivity index (χ3n) is 4.47. The number of ether oxygens (including phenoxy) is 1. The number of hydrogen-bond donors (Lipinski definition) is 0. The molecule has 128 valence electrons. The number of aromatic nitrogens is 1. The van der Waals surface area contributed by atoms with E-state index in [0.717, 1.165) is 47.8 Å². The van der Waals surface area contributed by atoms with E-state index >= 15 is 0 Å². The highest BCUT2D eigenvalue weighted by molar-refractivity contribution is 7.21. The summed E-state index contributed by atoms with van der Waals surface area (Å²) in [6, 6.07) is 16.0. The molecule has 1 saturated heterocycles. The summed E-state index contributed by atoms with van der Waals surface area (Å²) in [5.74, 6) is 0.796. The molecule has 0 radical (unpaired) electrons. The van der Waals surface area contributed by atoms with Crippen molar-refractivity contribution in [2.24, 2.45) is 0 Å². The third-order valence-corrected chi connectivity index (χ3v) is 5.55. The van der Waals surface area contributed by atoms with E-state index < -0.39 is 0 Å². The van der Waals surface area contributed by atoms with Crippen LogP contribution in [-0.4, -0.2) is 35.5 Å². The van der Waals surface area contributed by atoms with Gasteiger partial charge in [-0.05, 0) is 55.7 Å². The van der Waals surface area contributed by atoms with Crippen molar-refractivity contribution in [3.63, 3.8) is 0 Å². The van der Waals surface area contributed by atoms with Crippen LogP contribution in [0.5, 0.6) is 5.75 Å². The standard InChI is InChI=1S/C20H20N2O2S/c23-19(22-12-4-1-5-13-22)14-24-16-10-8-15(9-11-16)20-21-17-6-2-3-7-18(17)25-20/h2-3,6-11H,1,4-5,12-14H2. The van der Waals surface area contributed by atoms with Gasteiger partial charge in [0.05, 0.1) is 10.2 Å². The largest absolute Gasteiger partial charge is 0.484 e. The Morgan fingerprint density at radius 2 is 1.80 bits per heavy atom. The quantitative estimate of drug-likeness (QED) is 0.701. The van der Waals surface area contributed by atoms with Gasteiger partial charge in [0.15, 0.2) is 6.61 Å². The average molecular weight is 352 g/mol. The number of para-hydroxylation sites is 1. The predicted molar refractivity (Wildman–Crippen MR) is 101 cm³/mol. The minimum Gasteiger partial charge on any atom is -0.484 e. The van der Waals surface area contributed by atoms with Crippen molar-refractivity contribution in [2.45, 2.75) is 19.3 Å². The fraction of sp³-hybridized carbons (Fsp3) is 0.300. The van der Waals surface area contributed by atoms with E-state index in [1.165, 1.54) is 11.1 Å². The Balaban J connectivity index is 1.40. The van der Waals surface area contributed by atoms with Gasteiger partial charge in [-0.3, -0.25) is 4.79 Å². The van der Waals surface area contributed by atoms with E-state index in [4.69, 9.17) is 4.74 Å². The van der Waals surface area contributed by atoms with E-state index in [9.17, 15) is 4.79 Å². The second kappa shape index (κ2) is 7.23. The zero-order chi connectivity index (χ0) is 17.1. The molecule has 0 aliphatic carbocycles. The molecule has 1 aliphatic rings. The predicted octanol–water partition coefficient (Wildman–Crippen LogP) is 4.35. The minimum absolute atomic E-state index is 0.0787. The van der Waals surface area contributed by atoms with Crippen LogP contribution in [-0.2, 0) is 4.79 Å². The minimum atomic E-state index is 0.0787. The molecule has 4 rings (SSSR count). The third kappa shape index (κ3) is 3.66. The maximum atomic E-state index is 12.2. The average Bonchev–Trinajstić information content (AvgIpc) is 3.11. The molecule has 0 atom stereocenters. The van der Waals surface area contributed by atoms with Gasteiger partial charge in [-0.25, -0.2) is 4.98 Å².